The molecule has 1 aromatic carbocycles. The summed E-state index contributed by atoms with van der Waals surface area (Å²) < 4.78 is 0. The lowest BCUT2D eigenvalue weighted by Gasteiger charge is -2.44. The van der Waals surface area contributed by atoms with E-state index in [1.54, 1.807) is 12.3 Å². The number of carboxylic acid groups (broad SMARTS) is 1. The van der Waals surface area contributed by atoms with Crippen LogP contribution in [0.1, 0.15) is 31.2 Å². The minimum Gasteiger partial charge on any atom is -0.480 e. The molecular weight excluding hydrogens is 465 g/mol. The van der Waals surface area contributed by atoms with Crippen LogP contribution in [0, 0.1) is 5.92 Å². The van der Waals surface area contributed by atoms with E-state index in [4.69, 9.17) is 34.8 Å². The van der Waals surface area contributed by atoms with Crippen LogP contribution in [0.25, 0.3) is 10.2 Å². The number of carbonyl (C=O) groups is 1. The first kappa shape index (κ1) is 21.8. The van der Waals surface area contributed by atoms with E-state index in [0.717, 1.165) is 15.8 Å². The first-order valence-corrected chi connectivity index (χ1v) is 11.7. The predicted octanol–water partition coefficient (Wildman–Crippen LogP) is 5.52. The van der Waals surface area contributed by atoms with Gasteiger partial charge < -0.3 is 10.4 Å². The van der Waals surface area contributed by atoms with E-state index in [9.17, 15) is 9.90 Å². The van der Waals surface area contributed by atoms with Crippen LogP contribution in [0.15, 0.2) is 35.8 Å². The van der Waals surface area contributed by atoms with E-state index in [1.165, 1.54) is 11.3 Å². The van der Waals surface area contributed by atoms with Crippen molar-refractivity contribution >= 4 is 62.3 Å². The summed E-state index contributed by atoms with van der Waals surface area (Å²) in [6, 6.07) is 7.36. The Morgan fingerprint density at radius 1 is 1.33 bits per heavy atom. The van der Waals surface area contributed by atoms with Crippen LogP contribution in [-0.4, -0.2) is 32.5 Å². The number of rotatable bonds is 5. The van der Waals surface area contributed by atoms with Gasteiger partial charge in [-0.1, -0.05) is 36.2 Å². The fourth-order valence-electron chi connectivity index (χ4n) is 4.19. The van der Waals surface area contributed by atoms with Gasteiger partial charge in [-0.15, -0.1) is 22.9 Å². The van der Waals surface area contributed by atoms with Crippen molar-refractivity contribution in [2.24, 2.45) is 5.92 Å². The molecule has 1 saturated carbocycles. The number of aliphatic carboxylic acids is 1. The highest BCUT2D eigenvalue weighted by Crippen LogP contribution is 2.45. The average molecular weight is 485 g/mol. The molecule has 2 heterocycles. The molecule has 0 bridgehead atoms. The standard InChI is InChI=1S/C21H20Cl3N3O2S/c1-11-17(24)16(25-9-12-2-3-14(22)15(23)8-12)4-6-21(11,20(28)29)19-26-10-13-5-7-30-18(13)27-19/h2-3,5,7-8,10-11,16-17,25H,4,6,9H2,1H3,(H,28,29). The molecule has 4 rings (SSSR count). The summed E-state index contributed by atoms with van der Waals surface area (Å²) in [5.41, 5.74) is -0.228. The molecule has 0 amide bonds. The highest BCUT2D eigenvalue weighted by atomic mass is 35.5. The van der Waals surface area contributed by atoms with Crippen molar-refractivity contribution in [3.8, 4) is 0 Å². The summed E-state index contributed by atoms with van der Waals surface area (Å²) in [7, 11) is 0. The normalized spacial score (nSPS) is 26.7. The van der Waals surface area contributed by atoms with Crippen LogP contribution in [0.3, 0.4) is 0 Å². The Morgan fingerprint density at radius 3 is 2.87 bits per heavy atom. The Kier molecular flexibility index (Phi) is 6.24. The molecule has 158 valence electrons. The van der Waals surface area contributed by atoms with Crippen LogP contribution >= 0.6 is 46.1 Å². The molecule has 30 heavy (non-hydrogen) atoms. The molecule has 1 fully saturated rings. The monoisotopic (exact) mass is 483 g/mol. The zero-order chi connectivity index (χ0) is 21.5. The van der Waals surface area contributed by atoms with Crippen molar-refractivity contribution in [1.29, 1.82) is 0 Å². The number of hydrogen-bond acceptors (Lipinski definition) is 5. The Hall–Kier alpha value is -1.44. The highest BCUT2D eigenvalue weighted by molar-refractivity contribution is 7.16. The first-order chi connectivity index (χ1) is 14.3. The van der Waals surface area contributed by atoms with Crippen LogP contribution in [-0.2, 0) is 16.8 Å². The van der Waals surface area contributed by atoms with Gasteiger partial charge in [0.15, 0.2) is 0 Å². The van der Waals surface area contributed by atoms with Gasteiger partial charge in [-0.05, 0) is 47.9 Å². The van der Waals surface area contributed by atoms with Gasteiger partial charge in [-0.25, -0.2) is 9.97 Å². The lowest BCUT2D eigenvalue weighted by Crippen LogP contribution is -2.56. The van der Waals surface area contributed by atoms with Gasteiger partial charge in [-0.2, -0.15) is 0 Å². The summed E-state index contributed by atoms with van der Waals surface area (Å²) in [5, 5.41) is 17.1. The molecule has 4 unspecified atom stereocenters. The molecule has 0 radical (unpaired) electrons. The molecule has 5 nitrogen and oxygen atoms in total. The van der Waals surface area contributed by atoms with Crippen LogP contribution in [0.4, 0.5) is 0 Å². The van der Waals surface area contributed by atoms with Gasteiger partial charge in [0, 0.05) is 24.2 Å². The number of hydrogen-bond donors (Lipinski definition) is 2. The zero-order valence-electron chi connectivity index (χ0n) is 16.1. The van der Waals surface area contributed by atoms with Crippen LogP contribution < -0.4 is 5.32 Å². The number of aromatic nitrogens is 2. The van der Waals surface area contributed by atoms with Crippen molar-refractivity contribution < 1.29 is 9.90 Å². The van der Waals surface area contributed by atoms with Crippen molar-refractivity contribution in [3.05, 3.63) is 57.3 Å². The summed E-state index contributed by atoms with van der Waals surface area (Å²) >= 11 is 20.4. The molecule has 2 N–H and O–H groups in total. The topological polar surface area (TPSA) is 75.1 Å². The Bertz CT molecular complexity index is 1090. The summed E-state index contributed by atoms with van der Waals surface area (Å²) in [6.45, 7) is 2.44. The quantitative estimate of drug-likeness (QED) is 0.467. The van der Waals surface area contributed by atoms with E-state index < -0.39 is 16.8 Å². The smallest absolute Gasteiger partial charge is 0.317 e. The van der Waals surface area contributed by atoms with Gasteiger partial charge >= 0.3 is 5.97 Å². The summed E-state index contributed by atoms with van der Waals surface area (Å²) in [5.74, 6) is -0.959. The highest BCUT2D eigenvalue weighted by Gasteiger charge is 2.54. The Balaban J connectivity index is 1.56. The van der Waals surface area contributed by atoms with Crippen molar-refractivity contribution in [2.45, 2.75) is 43.1 Å². The molecule has 0 aliphatic heterocycles. The Morgan fingerprint density at radius 2 is 2.13 bits per heavy atom. The number of benzene rings is 1. The second-order valence-electron chi connectivity index (χ2n) is 7.66. The molecule has 9 heteroatoms. The molecule has 0 spiro atoms. The van der Waals surface area contributed by atoms with Gasteiger partial charge in [0.05, 0.1) is 15.4 Å². The third-order valence-corrected chi connectivity index (χ3v) is 8.27. The van der Waals surface area contributed by atoms with E-state index in [-0.39, 0.29) is 12.0 Å². The van der Waals surface area contributed by atoms with Crippen molar-refractivity contribution in [3.63, 3.8) is 0 Å². The molecule has 2 aromatic heterocycles. The van der Waals surface area contributed by atoms with Gasteiger partial charge in [0.25, 0.3) is 0 Å². The first-order valence-electron chi connectivity index (χ1n) is 9.58. The van der Waals surface area contributed by atoms with E-state index in [0.29, 0.717) is 35.3 Å². The average Bonchev–Trinajstić information content (AvgIpc) is 3.19. The number of halogens is 3. The van der Waals surface area contributed by atoms with Gasteiger partial charge in [0.2, 0.25) is 0 Å². The minimum atomic E-state index is -1.22. The third-order valence-electron chi connectivity index (χ3n) is 6.03. The minimum absolute atomic E-state index is 0.0472. The number of nitrogens with zero attached hydrogens (tertiary/aromatic N) is 2. The second kappa shape index (κ2) is 8.60. The Labute approximate surface area is 193 Å². The molecule has 1 aliphatic rings. The lowest BCUT2D eigenvalue weighted by molar-refractivity contribution is -0.148. The molecule has 0 saturated heterocycles. The molecule has 3 aromatic rings. The maximum absolute atomic E-state index is 12.5. The maximum Gasteiger partial charge on any atom is 0.317 e. The lowest BCUT2D eigenvalue weighted by atomic mass is 9.64. The largest absolute Gasteiger partial charge is 0.480 e. The van der Waals surface area contributed by atoms with E-state index >= 15 is 0 Å². The number of alkyl halides is 1. The van der Waals surface area contributed by atoms with Crippen molar-refractivity contribution in [2.75, 3.05) is 0 Å². The fourth-order valence-corrected chi connectivity index (χ4v) is 5.68. The van der Waals surface area contributed by atoms with Gasteiger partial charge in [-0.3, -0.25) is 4.79 Å². The van der Waals surface area contributed by atoms with Crippen molar-refractivity contribution in [1.82, 2.24) is 15.3 Å². The van der Waals surface area contributed by atoms with Crippen LogP contribution in [0.2, 0.25) is 10.0 Å². The molecule has 1 aliphatic carbocycles. The van der Waals surface area contributed by atoms with Crippen LogP contribution in [0.5, 0.6) is 0 Å². The SMILES string of the molecule is CC1C(Cl)C(NCc2ccc(Cl)c(Cl)c2)CCC1(C(=O)O)c1ncc2ccsc2n1. The second-order valence-corrected chi connectivity index (χ2v) is 9.87. The maximum atomic E-state index is 12.5. The number of thiophene rings is 1. The number of fused-ring (bicyclic) bond motifs is 1. The fraction of sp³-hybridized carbons (Fsp3) is 0.381. The van der Waals surface area contributed by atoms with E-state index in [1.807, 2.05) is 30.5 Å². The number of carboxylic acids is 1. The van der Waals surface area contributed by atoms with Gasteiger partial charge in [0.1, 0.15) is 16.1 Å². The summed E-state index contributed by atoms with van der Waals surface area (Å²) in [6.07, 6.45) is 2.70. The predicted molar refractivity (Wildman–Crippen MR) is 122 cm³/mol. The number of nitrogens with one attached hydrogen (secondary N) is 1. The summed E-state index contributed by atoms with van der Waals surface area (Å²) in [4.78, 5) is 22.3. The zero-order valence-corrected chi connectivity index (χ0v) is 19.2. The molecular formula is C21H20Cl3N3O2S. The van der Waals surface area contributed by atoms with E-state index in [2.05, 4.69) is 15.3 Å². The third kappa shape index (κ3) is 3.80. The molecule has 4 atom stereocenters.